The Balaban J connectivity index is 3.06. The molecule has 0 aliphatic carbocycles. The summed E-state index contributed by atoms with van der Waals surface area (Å²) in [5.41, 5.74) is 0. The van der Waals surface area contributed by atoms with E-state index in [2.05, 4.69) is 18.1 Å². The standard InChI is InChI=1S/C39H78ClNOSi/c1-43(2,40)38-36-34-32-30-28-26-24-22-20-18-16-14-12-10-8-6-4-3-5-7-9-11-13-15-17-19-21-23-25-27-29-31-33-35-37-41-39-42/h3-38H2,1-2H3. The summed E-state index contributed by atoms with van der Waals surface area (Å²) in [5, 5.41) is 0. The Morgan fingerprint density at radius 1 is 0.372 bits per heavy atom. The van der Waals surface area contributed by atoms with E-state index in [-0.39, 0.29) is 0 Å². The second-order valence-corrected chi connectivity index (χ2v) is 21.5. The number of halogens is 1. The number of unbranched alkanes of at least 4 members (excludes halogenated alkanes) is 33. The molecule has 0 aliphatic rings. The second-order valence-electron chi connectivity index (χ2n) is 14.5. The van der Waals surface area contributed by atoms with E-state index in [1.54, 1.807) is 6.08 Å². The molecule has 0 bridgehead atoms. The molecule has 0 fully saturated rings. The number of hydrogen-bond acceptors (Lipinski definition) is 2. The van der Waals surface area contributed by atoms with E-state index in [1.165, 1.54) is 218 Å². The van der Waals surface area contributed by atoms with Crippen LogP contribution < -0.4 is 0 Å². The van der Waals surface area contributed by atoms with Crippen LogP contribution in [0.5, 0.6) is 0 Å². The zero-order valence-corrected chi connectivity index (χ0v) is 31.4. The molecule has 0 N–H and O–H groups in total. The molecule has 0 rings (SSSR count). The van der Waals surface area contributed by atoms with Crippen molar-refractivity contribution in [2.24, 2.45) is 4.99 Å². The van der Waals surface area contributed by atoms with Crippen LogP contribution in [0.1, 0.15) is 218 Å². The number of rotatable bonds is 37. The SMILES string of the molecule is C[Si](C)(Cl)CCCCCCCCCCCCCCCCCCCCCCCCCCCCCCCCCCCCN=C=O. The fourth-order valence-electron chi connectivity index (χ4n) is 6.44. The van der Waals surface area contributed by atoms with Gasteiger partial charge in [0.15, 0.2) is 0 Å². The Labute approximate surface area is 277 Å². The van der Waals surface area contributed by atoms with Gasteiger partial charge >= 0.3 is 0 Å². The third-order valence-corrected chi connectivity index (χ3v) is 11.5. The minimum absolute atomic E-state index is 0.668. The minimum atomic E-state index is -1.32. The maximum Gasteiger partial charge on any atom is 0.234 e. The average Bonchev–Trinajstić information content (AvgIpc) is 2.98. The van der Waals surface area contributed by atoms with E-state index >= 15 is 0 Å². The third kappa shape index (κ3) is 41.9. The van der Waals surface area contributed by atoms with Crippen LogP contribution in [-0.4, -0.2) is 20.0 Å². The lowest BCUT2D eigenvalue weighted by Gasteiger charge is -2.11. The smallest absolute Gasteiger partial charge is 0.211 e. The monoisotopic (exact) mass is 640 g/mol. The van der Waals surface area contributed by atoms with Gasteiger partial charge in [-0.2, -0.15) is 11.1 Å². The zero-order valence-electron chi connectivity index (χ0n) is 29.7. The fraction of sp³-hybridized carbons (Fsp3) is 0.974. The zero-order chi connectivity index (χ0) is 31.4. The van der Waals surface area contributed by atoms with Crippen molar-refractivity contribution >= 4 is 24.5 Å². The molecule has 0 aliphatic heterocycles. The van der Waals surface area contributed by atoms with Crippen molar-refractivity contribution in [1.29, 1.82) is 0 Å². The summed E-state index contributed by atoms with van der Waals surface area (Å²) in [6.07, 6.45) is 50.1. The van der Waals surface area contributed by atoms with Gasteiger partial charge in [-0.1, -0.05) is 225 Å². The van der Waals surface area contributed by atoms with Gasteiger partial charge in [0.1, 0.15) is 7.38 Å². The Bertz CT molecular complexity index is 572. The van der Waals surface area contributed by atoms with Crippen LogP contribution in [-0.2, 0) is 4.79 Å². The molecule has 0 amide bonds. The number of aliphatic imine (C=N–C) groups is 1. The lowest BCUT2D eigenvalue weighted by atomic mass is 10.0. The van der Waals surface area contributed by atoms with Gasteiger partial charge in [-0.05, 0) is 12.5 Å². The van der Waals surface area contributed by atoms with Crippen molar-refractivity contribution < 1.29 is 4.79 Å². The number of hydrogen-bond donors (Lipinski definition) is 0. The van der Waals surface area contributed by atoms with Gasteiger partial charge in [0, 0.05) is 0 Å². The molecule has 0 saturated carbocycles. The van der Waals surface area contributed by atoms with Gasteiger partial charge in [-0.25, -0.2) is 9.79 Å². The normalized spacial score (nSPS) is 11.7. The van der Waals surface area contributed by atoms with Crippen LogP contribution in [0.2, 0.25) is 19.1 Å². The summed E-state index contributed by atoms with van der Waals surface area (Å²) in [6, 6.07) is 1.29. The molecule has 4 heteroatoms. The highest BCUT2D eigenvalue weighted by Gasteiger charge is 2.15. The van der Waals surface area contributed by atoms with Gasteiger partial charge in [-0.3, -0.25) is 0 Å². The molecule has 0 atom stereocenters. The molecule has 0 saturated heterocycles. The predicted octanol–water partition coefficient (Wildman–Crippen LogP) is 15.0. The summed E-state index contributed by atoms with van der Waals surface area (Å²) >= 11 is 6.40. The molecular formula is C39H78ClNOSi. The molecule has 43 heavy (non-hydrogen) atoms. The Morgan fingerprint density at radius 2 is 0.558 bits per heavy atom. The molecule has 256 valence electrons. The maximum absolute atomic E-state index is 10.0. The number of nitrogens with zero attached hydrogens (tertiary/aromatic N) is 1. The van der Waals surface area contributed by atoms with Crippen molar-refractivity contribution in [3.8, 4) is 0 Å². The van der Waals surface area contributed by atoms with Crippen molar-refractivity contribution in [1.82, 2.24) is 0 Å². The van der Waals surface area contributed by atoms with Crippen molar-refractivity contribution in [2.45, 2.75) is 237 Å². The summed E-state index contributed by atoms with van der Waals surface area (Å²) in [4.78, 5) is 13.6. The van der Waals surface area contributed by atoms with E-state index in [0.29, 0.717) is 6.54 Å². The molecular weight excluding hydrogens is 562 g/mol. The molecule has 0 heterocycles. The van der Waals surface area contributed by atoms with Crippen LogP contribution >= 0.6 is 11.1 Å². The van der Waals surface area contributed by atoms with Crippen LogP contribution in [0.4, 0.5) is 0 Å². The minimum Gasteiger partial charge on any atom is -0.211 e. The predicted molar refractivity (Wildman–Crippen MR) is 198 cm³/mol. The number of carbonyl (C=O) groups excluding carboxylic acids is 1. The Hall–Kier alpha value is -0.113. The molecule has 0 aromatic rings. The quantitative estimate of drug-likeness (QED) is 0.0218. The van der Waals surface area contributed by atoms with Gasteiger partial charge in [0.2, 0.25) is 6.08 Å². The first-order valence-corrected chi connectivity index (χ1v) is 24.0. The molecule has 0 spiro atoms. The molecule has 0 aromatic heterocycles. The largest absolute Gasteiger partial charge is 0.234 e. The van der Waals surface area contributed by atoms with E-state index in [0.717, 1.165) is 6.42 Å². The number of isocyanates is 1. The van der Waals surface area contributed by atoms with Crippen molar-refractivity contribution in [3.63, 3.8) is 0 Å². The average molecular weight is 641 g/mol. The lowest BCUT2D eigenvalue weighted by molar-refractivity contribution is 0.511. The third-order valence-electron chi connectivity index (χ3n) is 9.36. The van der Waals surface area contributed by atoms with Gasteiger partial charge in [0.05, 0.1) is 6.54 Å². The highest BCUT2D eigenvalue weighted by molar-refractivity contribution is 7.19. The Morgan fingerprint density at radius 3 is 0.744 bits per heavy atom. The lowest BCUT2D eigenvalue weighted by Crippen LogP contribution is -2.14. The van der Waals surface area contributed by atoms with Crippen LogP contribution in [0.15, 0.2) is 4.99 Å². The van der Waals surface area contributed by atoms with E-state index in [1.807, 2.05) is 0 Å². The topological polar surface area (TPSA) is 29.4 Å². The summed E-state index contributed by atoms with van der Waals surface area (Å²) in [7, 11) is -1.32. The summed E-state index contributed by atoms with van der Waals surface area (Å²) in [5.74, 6) is 0. The molecule has 0 unspecified atom stereocenters. The molecule has 0 aromatic carbocycles. The van der Waals surface area contributed by atoms with E-state index in [4.69, 9.17) is 11.1 Å². The highest BCUT2D eigenvalue weighted by Crippen LogP contribution is 2.20. The second kappa shape index (κ2) is 36.4. The summed E-state index contributed by atoms with van der Waals surface area (Å²) < 4.78 is 0. The molecule has 2 nitrogen and oxygen atoms in total. The van der Waals surface area contributed by atoms with Gasteiger partial charge < -0.3 is 0 Å². The first-order valence-electron chi connectivity index (χ1n) is 19.8. The Kier molecular flexibility index (Phi) is 36.3. The van der Waals surface area contributed by atoms with Crippen LogP contribution in [0.3, 0.4) is 0 Å². The maximum atomic E-state index is 10.0. The van der Waals surface area contributed by atoms with Crippen LogP contribution in [0.25, 0.3) is 0 Å². The summed E-state index contributed by atoms with van der Waals surface area (Å²) in [6.45, 7) is 5.21. The van der Waals surface area contributed by atoms with Crippen LogP contribution in [0, 0.1) is 0 Å². The first-order chi connectivity index (χ1) is 21.1. The van der Waals surface area contributed by atoms with E-state index < -0.39 is 7.38 Å². The first kappa shape index (κ1) is 42.9. The van der Waals surface area contributed by atoms with E-state index in [9.17, 15) is 4.79 Å². The van der Waals surface area contributed by atoms with Gasteiger partial charge in [-0.15, -0.1) is 0 Å². The van der Waals surface area contributed by atoms with Gasteiger partial charge in [0.25, 0.3) is 0 Å². The van der Waals surface area contributed by atoms with Crippen molar-refractivity contribution in [2.75, 3.05) is 6.54 Å². The highest BCUT2D eigenvalue weighted by atomic mass is 35.6. The fourth-order valence-corrected chi connectivity index (χ4v) is 7.93. The molecule has 0 radical (unpaired) electrons. The van der Waals surface area contributed by atoms with Crippen molar-refractivity contribution in [3.05, 3.63) is 0 Å².